The molecule has 4 N–H and O–H groups in total. The van der Waals surface area contributed by atoms with Crippen LogP contribution in [0.1, 0.15) is 41.1 Å². The summed E-state index contributed by atoms with van der Waals surface area (Å²) < 4.78 is 79.6. The van der Waals surface area contributed by atoms with Gasteiger partial charge in [-0.15, -0.1) is 0 Å². The minimum atomic E-state index is -3.88. The number of esters is 1. The average molecular weight is 646 g/mol. The predicted octanol–water partition coefficient (Wildman–Crippen LogP) is 4.59. The molecule has 4 aromatic rings. The number of primary amides is 1. The number of nitrogens with zero attached hydrogens (tertiary/aromatic N) is 1. The number of ether oxygens (including phenoxy) is 2. The van der Waals surface area contributed by atoms with Crippen molar-refractivity contribution in [3.63, 3.8) is 0 Å². The van der Waals surface area contributed by atoms with Crippen molar-refractivity contribution in [2.24, 2.45) is 10.9 Å². The van der Waals surface area contributed by atoms with Gasteiger partial charge in [-0.2, -0.15) is 0 Å². The molecule has 1 fully saturated rings. The lowest BCUT2D eigenvalue weighted by atomic mass is 10.0. The number of hydrogen-bond donors (Lipinski definition) is 2. The second kappa shape index (κ2) is 11.9. The first-order chi connectivity index (χ1) is 20.7. The maximum absolute atomic E-state index is 13.2. The van der Waals surface area contributed by atoms with E-state index in [1.54, 1.807) is 30.3 Å². The van der Waals surface area contributed by atoms with Gasteiger partial charge in [0.25, 0.3) is 0 Å². The summed E-state index contributed by atoms with van der Waals surface area (Å²) in [6, 6.07) is 14.9. The Kier molecular flexibility index (Phi) is 8.38. The molecule has 0 atom stereocenters. The summed E-state index contributed by atoms with van der Waals surface area (Å²) in [7, 11) is -7.71. The van der Waals surface area contributed by atoms with Crippen LogP contribution < -0.4 is 19.9 Å². The number of furan rings is 1. The summed E-state index contributed by atoms with van der Waals surface area (Å²) >= 11 is 0. The number of hydrogen-bond acceptors (Lipinski definition) is 9. The lowest BCUT2D eigenvalue weighted by Crippen LogP contribution is -2.33. The number of carbonyl (C=O) groups is 2. The van der Waals surface area contributed by atoms with Crippen molar-refractivity contribution in [3.05, 3.63) is 77.6 Å². The fraction of sp³-hybridized carbons (Fsp3) is 0.241. The molecular weight excluding hydrogens is 617 g/mol. The molecule has 0 aliphatic heterocycles. The van der Waals surface area contributed by atoms with Crippen LogP contribution in [-0.2, 0) is 24.8 Å². The van der Waals surface area contributed by atoms with Crippen molar-refractivity contribution in [2.75, 3.05) is 22.9 Å². The summed E-state index contributed by atoms with van der Waals surface area (Å²) in [6.45, 7) is -0.167. The Morgan fingerprint density at radius 3 is 2.16 bits per heavy atom. The molecule has 1 aromatic heterocycles. The van der Waals surface area contributed by atoms with Crippen LogP contribution in [0.3, 0.4) is 0 Å². The Bertz CT molecular complexity index is 1950. The van der Waals surface area contributed by atoms with Gasteiger partial charge in [-0.25, -0.2) is 36.0 Å². The SMILES string of the molecule is CS(=O)(=O)N(CCCS(N)(=O)=O)c1cc2oc(-c3ccc(Oc4ccc(F)cc4)cc3)c(C(=O)OC(N)=O)c2cc1C1CC1. The number of carbonyl (C=O) groups excluding carboxylic acids is 2. The van der Waals surface area contributed by atoms with E-state index in [0.29, 0.717) is 22.6 Å². The van der Waals surface area contributed by atoms with Gasteiger partial charge in [0.05, 0.1) is 17.7 Å². The smallest absolute Gasteiger partial charge is 0.412 e. The highest BCUT2D eigenvalue weighted by Gasteiger charge is 2.34. The lowest BCUT2D eigenvalue weighted by Gasteiger charge is -2.25. The number of primary sulfonamides is 1. The summed E-state index contributed by atoms with van der Waals surface area (Å²) in [5.74, 6) is -1.11. The van der Waals surface area contributed by atoms with Crippen LogP contribution in [0.5, 0.6) is 11.5 Å². The molecule has 1 saturated carbocycles. The van der Waals surface area contributed by atoms with E-state index in [-0.39, 0.29) is 46.9 Å². The topological polar surface area (TPSA) is 189 Å². The number of nitrogens with two attached hydrogens (primary N) is 2. The second-order valence-electron chi connectivity index (χ2n) is 10.3. The molecule has 232 valence electrons. The molecule has 3 aromatic carbocycles. The molecule has 44 heavy (non-hydrogen) atoms. The maximum Gasteiger partial charge on any atom is 0.412 e. The van der Waals surface area contributed by atoms with Crippen LogP contribution >= 0.6 is 0 Å². The first-order valence-corrected chi connectivity index (χ1v) is 16.9. The molecule has 1 aliphatic rings. The van der Waals surface area contributed by atoms with Crippen LogP contribution in [-0.4, -0.2) is 47.5 Å². The Morgan fingerprint density at radius 2 is 1.61 bits per heavy atom. The average Bonchev–Trinajstić information content (AvgIpc) is 3.70. The lowest BCUT2D eigenvalue weighted by molar-refractivity contribution is 0.0640. The van der Waals surface area contributed by atoms with E-state index in [9.17, 15) is 30.8 Å². The zero-order chi connectivity index (χ0) is 31.8. The van der Waals surface area contributed by atoms with Crippen LogP contribution in [0.15, 0.2) is 65.1 Å². The van der Waals surface area contributed by atoms with Crippen molar-refractivity contribution in [3.8, 4) is 22.8 Å². The van der Waals surface area contributed by atoms with Gasteiger partial charge < -0.3 is 19.6 Å². The fourth-order valence-corrected chi connectivity index (χ4v) is 6.33. The van der Waals surface area contributed by atoms with E-state index in [4.69, 9.17) is 24.8 Å². The van der Waals surface area contributed by atoms with Crippen molar-refractivity contribution in [1.29, 1.82) is 0 Å². The molecule has 0 spiro atoms. The zero-order valence-electron chi connectivity index (χ0n) is 23.4. The summed E-state index contributed by atoms with van der Waals surface area (Å²) in [5, 5.41) is 5.38. The van der Waals surface area contributed by atoms with E-state index >= 15 is 0 Å². The largest absolute Gasteiger partial charge is 0.457 e. The Balaban J connectivity index is 1.60. The first-order valence-electron chi connectivity index (χ1n) is 13.3. The minimum Gasteiger partial charge on any atom is -0.457 e. The van der Waals surface area contributed by atoms with Crippen LogP contribution in [0.2, 0.25) is 0 Å². The third kappa shape index (κ3) is 7.18. The van der Waals surface area contributed by atoms with Gasteiger partial charge in [0.15, 0.2) is 0 Å². The highest BCUT2D eigenvalue weighted by molar-refractivity contribution is 7.92. The van der Waals surface area contributed by atoms with E-state index in [1.807, 2.05) is 0 Å². The number of benzene rings is 3. The number of amides is 1. The molecule has 1 aliphatic carbocycles. The van der Waals surface area contributed by atoms with Gasteiger partial charge >= 0.3 is 12.1 Å². The van der Waals surface area contributed by atoms with E-state index < -0.39 is 43.7 Å². The molecule has 0 radical (unpaired) electrons. The number of anilines is 1. The standard InChI is InChI=1S/C29H28FN3O9S2/c1-43(36,37)33(13-2-14-44(32,38)39)24-16-25-23(15-22(24)17-3-4-17)26(28(34)42-29(31)35)27(41-25)18-5-9-20(10-6-18)40-21-11-7-19(30)8-12-21/h5-12,15-17H,2-4,13-14H2,1H3,(H2,31,35)(H2,32,38,39). The number of sulfonamides is 2. The third-order valence-corrected chi connectivity index (χ3v) is 8.91. The van der Waals surface area contributed by atoms with Gasteiger partial charge in [-0.3, -0.25) is 4.31 Å². The monoisotopic (exact) mass is 645 g/mol. The molecule has 0 unspecified atom stereocenters. The first kappa shape index (κ1) is 31.0. The zero-order valence-corrected chi connectivity index (χ0v) is 25.0. The third-order valence-electron chi connectivity index (χ3n) is 6.88. The Hall–Kier alpha value is -4.47. The molecule has 12 nitrogen and oxygen atoms in total. The van der Waals surface area contributed by atoms with Crippen molar-refractivity contribution in [1.82, 2.24) is 0 Å². The summed E-state index contributed by atoms with van der Waals surface area (Å²) in [4.78, 5) is 24.7. The van der Waals surface area contributed by atoms with E-state index in [0.717, 1.165) is 23.4 Å². The molecular formula is C29H28FN3O9S2. The quantitative estimate of drug-likeness (QED) is 0.174. The second-order valence-corrected chi connectivity index (χ2v) is 14.0. The molecule has 0 bridgehead atoms. The van der Waals surface area contributed by atoms with Gasteiger partial charge in [0.2, 0.25) is 20.0 Å². The summed E-state index contributed by atoms with van der Waals surface area (Å²) in [5.41, 5.74) is 6.42. The van der Waals surface area contributed by atoms with Crippen molar-refractivity contribution in [2.45, 2.75) is 25.2 Å². The number of rotatable bonds is 11. The highest BCUT2D eigenvalue weighted by Crippen LogP contribution is 2.48. The van der Waals surface area contributed by atoms with Gasteiger partial charge in [-0.1, -0.05) is 0 Å². The van der Waals surface area contributed by atoms with Crippen molar-refractivity contribution >= 4 is 48.8 Å². The highest BCUT2D eigenvalue weighted by atomic mass is 32.2. The Labute approximate surface area is 252 Å². The predicted molar refractivity (Wildman–Crippen MR) is 160 cm³/mol. The van der Waals surface area contributed by atoms with Gasteiger partial charge in [-0.05, 0) is 85.3 Å². The minimum absolute atomic E-state index is 0.0265. The van der Waals surface area contributed by atoms with Crippen LogP contribution in [0.4, 0.5) is 14.9 Å². The fourth-order valence-electron chi connectivity index (χ4n) is 4.82. The number of halogens is 1. The molecule has 15 heteroatoms. The Morgan fingerprint density at radius 1 is 1.00 bits per heavy atom. The van der Waals surface area contributed by atoms with Gasteiger partial charge in [0, 0.05) is 23.6 Å². The molecule has 1 heterocycles. The maximum atomic E-state index is 13.2. The van der Waals surface area contributed by atoms with Gasteiger partial charge in [0.1, 0.15) is 34.2 Å². The van der Waals surface area contributed by atoms with E-state index in [1.165, 1.54) is 30.3 Å². The molecule has 1 amide bonds. The van der Waals surface area contributed by atoms with Crippen molar-refractivity contribution < 1.29 is 44.7 Å². The number of fused-ring (bicyclic) bond motifs is 1. The molecule has 0 saturated heterocycles. The van der Waals surface area contributed by atoms with E-state index in [2.05, 4.69) is 0 Å². The van der Waals surface area contributed by atoms with Crippen LogP contribution in [0.25, 0.3) is 22.3 Å². The molecule has 5 rings (SSSR count). The van der Waals surface area contributed by atoms with Crippen LogP contribution in [0, 0.1) is 5.82 Å². The normalized spacial score (nSPS) is 13.5. The summed E-state index contributed by atoms with van der Waals surface area (Å²) in [6.07, 6.45) is 1.14.